The second-order valence-electron chi connectivity index (χ2n) is 6.82. The Kier molecular flexibility index (Phi) is 7.83. The molecule has 1 fully saturated rings. The van der Waals surface area contributed by atoms with Gasteiger partial charge in [0.05, 0.1) is 26.3 Å². The van der Waals surface area contributed by atoms with Gasteiger partial charge in [-0.3, -0.25) is 14.4 Å². The minimum atomic E-state index is -2.06. The van der Waals surface area contributed by atoms with E-state index < -0.39 is 23.4 Å². The molecular formula is C16H30O5Si2. The maximum Gasteiger partial charge on any atom is 0.308 e. The zero-order chi connectivity index (χ0) is 17.6. The number of rotatable bonds is 8. The summed E-state index contributed by atoms with van der Waals surface area (Å²) in [6, 6.07) is 0.987. The molecule has 3 atom stereocenters. The van der Waals surface area contributed by atoms with E-state index in [2.05, 4.69) is 6.55 Å². The first kappa shape index (κ1) is 20.2. The van der Waals surface area contributed by atoms with E-state index in [4.69, 9.17) is 9.16 Å². The van der Waals surface area contributed by atoms with E-state index >= 15 is 0 Å². The number of Topliss-reactive ketones (excluding diaryl/α,β-unsaturated/α-hetero) is 2. The van der Waals surface area contributed by atoms with Crippen LogP contribution in [-0.4, -0.2) is 47.7 Å². The van der Waals surface area contributed by atoms with Gasteiger partial charge in [-0.2, -0.15) is 0 Å². The third-order valence-electron chi connectivity index (χ3n) is 4.99. The molecule has 0 radical (unpaired) electrons. The number of carbonyl (C=O) groups excluding carboxylic acids is 3. The van der Waals surface area contributed by atoms with Crippen LogP contribution < -0.4 is 0 Å². The molecule has 0 amide bonds. The molecule has 5 nitrogen and oxygen atoms in total. The van der Waals surface area contributed by atoms with Crippen molar-refractivity contribution in [2.75, 3.05) is 6.61 Å². The minimum Gasteiger partial charge on any atom is -0.467 e. The van der Waals surface area contributed by atoms with Crippen molar-refractivity contribution < 1.29 is 23.5 Å². The second kappa shape index (κ2) is 8.89. The first-order valence-corrected chi connectivity index (χ1v) is 12.9. The summed E-state index contributed by atoms with van der Waals surface area (Å²) in [5.74, 6) is -0.432. The van der Waals surface area contributed by atoms with Gasteiger partial charge in [0.1, 0.15) is 11.6 Å². The van der Waals surface area contributed by atoms with E-state index in [-0.39, 0.29) is 28.8 Å². The van der Waals surface area contributed by atoms with Crippen molar-refractivity contribution in [1.82, 2.24) is 0 Å². The molecule has 1 heterocycles. The summed E-state index contributed by atoms with van der Waals surface area (Å²) >= 11 is 0. The average molecular weight is 359 g/mol. The van der Waals surface area contributed by atoms with Crippen LogP contribution in [0.25, 0.3) is 0 Å². The molecule has 0 aromatic heterocycles. The molecule has 3 unspecified atom stereocenters. The second-order valence-corrected chi connectivity index (χ2v) is 13.3. The molecular weight excluding hydrogens is 328 g/mol. The van der Waals surface area contributed by atoms with Gasteiger partial charge in [0, 0.05) is 6.61 Å². The maximum atomic E-state index is 12.5. The van der Waals surface area contributed by atoms with Crippen molar-refractivity contribution in [3.8, 4) is 0 Å². The van der Waals surface area contributed by atoms with Crippen molar-refractivity contribution in [3.63, 3.8) is 0 Å². The first-order chi connectivity index (χ1) is 10.7. The van der Waals surface area contributed by atoms with Crippen LogP contribution in [0, 0.1) is 0 Å². The number of esters is 1. The van der Waals surface area contributed by atoms with Crippen LogP contribution in [0.5, 0.6) is 0 Å². The summed E-state index contributed by atoms with van der Waals surface area (Å²) in [5, 5.41) is 0. The maximum absolute atomic E-state index is 12.5. The number of hydrogen-bond donors (Lipinski definition) is 0. The van der Waals surface area contributed by atoms with E-state index in [0.29, 0.717) is 6.42 Å². The summed E-state index contributed by atoms with van der Waals surface area (Å²) in [5.41, 5.74) is -1.01. The molecule has 7 heteroatoms. The fraction of sp³-hybridized carbons (Fsp3) is 0.812. The zero-order valence-corrected chi connectivity index (χ0v) is 17.4. The molecule has 0 saturated carbocycles. The molecule has 1 aliphatic rings. The van der Waals surface area contributed by atoms with Gasteiger partial charge in [0.25, 0.3) is 0 Å². The molecule has 0 bridgehead atoms. The molecule has 0 aromatic carbocycles. The Bertz CT molecular complexity index is 432. The lowest BCUT2D eigenvalue weighted by Gasteiger charge is -2.36. The van der Waals surface area contributed by atoms with Crippen LogP contribution in [0.2, 0.25) is 23.7 Å². The van der Waals surface area contributed by atoms with E-state index in [1.165, 1.54) is 13.8 Å². The fourth-order valence-electron chi connectivity index (χ4n) is 2.99. The van der Waals surface area contributed by atoms with E-state index in [1.54, 1.807) is 0 Å². The smallest absolute Gasteiger partial charge is 0.308 e. The SMILES string of the molecule is CCC(OC(=O)C(C)[Si]1(C)CCCCO1)[SiH2]C(C(C)=O)C(C)=O. The van der Waals surface area contributed by atoms with Gasteiger partial charge >= 0.3 is 5.97 Å². The van der Waals surface area contributed by atoms with Crippen LogP contribution in [0.3, 0.4) is 0 Å². The average Bonchev–Trinajstić information content (AvgIpc) is 2.50. The summed E-state index contributed by atoms with van der Waals surface area (Å²) in [6.45, 7) is 9.57. The molecule has 1 rings (SSSR count). The van der Waals surface area contributed by atoms with Crippen molar-refractivity contribution >= 4 is 35.4 Å². The largest absolute Gasteiger partial charge is 0.467 e. The molecule has 23 heavy (non-hydrogen) atoms. The summed E-state index contributed by atoms with van der Waals surface area (Å²) in [4.78, 5) is 35.8. The molecule has 0 aromatic rings. The molecule has 0 spiro atoms. The van der Waals surface area contributed by atoms with Crippen molar-refractivity contribution in [1.29, 1.82) is 0 Å². The van der Waals surface area contributed by atoms with Crippen LogP contribution in [0.15, 0.2) is 0 Å². The highest BCUT2D eigenvalue weighted by molar-refractivity contribution is 6.77. The molecule has 0 N–H and O–H groups in total. The highest BCUT2D eigenvalue weighted by Gasteiger charge is 2.43. The molecule has 1 aliphatic heterocycles. The normalized spacial score (nSPS) is 24.6. The quantitative estimate of drug-likeness (QED) is 0.378. The monoisotopic (exact) mass is 358 g/mol. The Hall–Kier alpha value is -0.796. The topological polar surface area (TPSA) is 69.7 Å². The van der Waals surface area contributed by atoms with Crippen molar-refractivity contribution in [3.05, 3.63) is 0 Å². The van der Waals surface area contributed by atoms with Gasteiger partial charge in [0.2, 0.25) is 8.32 Å². The standard InChI is InChI=1S/C16H30O5Si2/c1-6-14(22-15(11(2)17)12(3)18)21-16(19)13(4)23(5)10-8-7-9-20-23/h13-15H,6-10,22H2,1-5H3. The van der Waals surface area contributed by atoms with E-state index in [0.717, 1.165) is 25.5 Å². The van der Waals surface area contributed by atoms with Crippen LogP contribution in [-0.2, 0) is 23.5 Å². The summed E-state index contributed by atoms with van der Waals surface area (Å²) in [6.07, 6.45) is 2.83. The Morgan fingerprint density at radius 3 is 2.26 bits per heavy atom. The Morgan fingerprint density at radius 2 is 1.83 bits per heavy atom. The van der Waals surface area contributed by atoms with Gasteiger partial charge in [-0.05, 0) is 39.3 Å². The molecule has 132 valence electrons. The molecule has 0 aliphatic carbocycles. The van der Waals surface area contributed by atoms with Gasteiger partial charge in [-0.25, -0.2) is 0 Å². The lowest BCUT2D eigenvalue weighted by molar-refractivity contribution is -0.146. The van der Waals surface area contributed by atoms with Gasteiger partial charge in [-0.15, -0.1) is 0 Å². The summed E-state index contributed by atoms with van der Waals surface area (Å²) < 4.78 is 11.6. The minimum absolute atomic E-state index is 0.108. The van der Waals surface area contributed by atoms with Crippen molar-refractivity contribution in [2.24, 2.45) is 0 Å². The highest BCUT2D eigenvalue weighted by atomic mass is 28.4. The summed E-state index contributed by atoms with van der Waals surface area (Å²) in [7, 11) is -3.20. The highest BCUT2D eigenvalue weighted by Crippen LogP contribution is 2.33. The lowest BCUT2D eigenvalue weighted by Crippen LogP contribution is -2.46. The zero-order valence-electron chi connectivity index (χ0n) is 15.0. The Balaban J connectivity index is 2.68. The van der Waals surface area contributed by atoms with Crippen LogP contribution >= 0.6 is 0 Å². The van der Waals surface area contributed by atoms with Gasteiger partial charge in [0.15, 0.2) is 0 Å². The lowest BCUT2D eigenvalue weighted by atomic mass is 10.2. The predicted molar refractivity (Wildman–Crippen MR) is 94.9 cm³/mol. The third-order valence-corrected chi connectivity index (χ3v) is 12.2. The fourth-order valence-corrected chi connectivity index (χ4v) is 7.73. The van der Waals surface area contributed by atoms with Gasteiger partial charge in [-0.1, -0.05) is 20.3 Å². The predicted octanol–water partition coefficient (Wildman–Crippen LogP) is 2.18. The van der Waals surface area contributed by atoms with Crippen LogP contribution in [0.4, 0.5) is 0 Å². The Morgan fingerprint density at radius 1 is 1.22 bits per heavy atom. The number of ether oxygens (including phenoxy) is 1. The van der Waals surface area contributed by atoms with Crippen molar-refractivity contribution in [2.45, 2.75) is 76.4 Å². The van der Waals surface area contributed by atoms with E-state index in [1.807, 2.05) is 13.8 Å². The van der Waals surface area contributed by atoms with Gasteiger partial charge < -0.3 is 9.16 Å². The Labute approximate surface area is 142 Å². The molecule has 1 saturated heterocycles. The van der Waals surface area contributed by atoms with Crippen LogP contribution in [0.1, 0.15) is 47.0 Å². The third kappa shape index (κ3) is 5.65. The number of hydrogen-bond acceptors (Lipinski definition) is 5. The number of ketones is 2. The number of carbonyl (C=O) groups is 3. The van der Waals surface area contributed by atoms with E-state index in [9.17, 15) is 14.4 Å². The first-order valence-electron chi connectivity index (χ1n) is 8.56.